The molecule has 0 aliphatic heterocycles. The molecular weight excluding hydrogens is 302 g/mol. The highest BCUT2D eigenvalue weighted by Crippen LogP contribution is 2.33. The molecule has 0 bridgehead atoms. The summed E-state index contributed by atoms with van der Waals surface area (Å²) in [5.41, 5.74) is 2.30. The van der Waals surface area contributed by atoms with Gasteiger partial charge in [0.2, 0.25) is 0 Å². The number of aryl methyl sites for hydroxylation is 1. The topological polar surface area (TPSA) is 46.2 Å². The van der Waals surface area contributed by atoms with Gasteiger partial charge in [0.15, 0.2) is 0 Å². The van der Waals surface area contributed by atoms with Gasteiger partial charge in [-0.2, -0.15) is 0 Å². The molecule has 1 aliphatic rings. The molecule has 1 atom stereocenters. The average molecular weight is 314 g/mol. The number of hydrogen-bond acceptors (Lipinski definition) is 3. The number of sulfonamides is 1. The first-order valence-corrected chi connectivity index (χ1v) is 8.59. The molecular formula is C13H12ClNO2S2. The fourth-order valence-electron chi connectivity index (χ4n) is 2.37. The number of hydrogen-bond donors (Lipinski definition) is 1. The van der Waals surface area contributed by atoms with Crippen LogP contribution in [0.1, 0.15) is 23.6 Å². The molecule has 0 fully saturated rings. The fourth-order valence-corrected chi connectivity index (χ4v) is 5.12. The van der Waals surface area contributed by atoms with E-state index in [-0.39, 0.29) is 10.3 Å². The number of rotatable bonds is 3. The SMILES string of the molecule is O=S(=O)(NC1CCc2ccccc21)c1ccc(Cl)s1. The van der Waals surface area contributed by atoms with Gasteiger partial charge in [-0.25, -0.2) is 13.1 Å². The van der Waals surface area contributed by atoms with E-state index in [2.05, 4.69) is 4.72 Å². The zero-order valence-electron chi connectivity index (χ0n) is 9.97. The molecule has 19 heavy (non-hydrogen) atoms. The minimum atomic E-state index is -3.48. The summed E-state index contributed by atoms with van der Waals surface area (Å²) in [6.07, 6.45) is 1.71. The lowest BCUT2D eigenvalue weighted by Gasteiger charge is -2.13. The van der Waals surface area contributed by atoms with Crippen molar-refractivity contribution in [2.75, 3.05) is 0 Å². The summed E-state index contributed by atoms with van der Waals surface area (Å²) in [6.45, 7) is 0. The van der Waals surface area contributed by atoms with Crippen LogP contribution in [0.2, 0.25) is 4.34 Å². The molecule has 1 unspecified atom stereocenters. The Morgan fingerprint density at radius 2 is 2.00 bits per heavy atom. The van der Waals surface area contributed by atoms with E-state index < -0.39 is 10.0 Å². The molecule has 3 nitrogen and oxygen atoms in total. The number of halogens is 1. The van der Waals surface area contributed by atoms with Gasteiger partial charge >= 0.3 is 0 Å². The predicted octanol–water partition coefficient (Wildman–Crippen LogP) is 3.37. The van der Waals surface area contributed by atoms with Crippen molar-refractivity contribution in [3.05, 3.63) is 51.9 Å². The van der Waals surface area contributed by atoms with Crippen molar-refractivity contribution in [1.29, 1.82) is 0 Å². The average Bonchev–Trinajstić information content (AvgIpc) is 2.97. The summed E-state index contributed by atoms with van der Waals surface area (Å²) < 4.78 is 28.0. The Labute approximate surface area is 121 Å². The maximum absolute atomic E-state index is 12.3. The number of fused-ring (bicyclic) bond motifs is 1. The maximum Gasteiger partial charge on any atom is 0.250 e. The lowest BCUT2D eigenvalue weighted by atomic mass is 10.1. The van der Waals surface area contributed by atoms with Gasteiger partial charge in [0.05, 0.1) is 4.34 Å². The van der Waals surface area contributed by atoms with Gasteiger partial charge in [0.1, 0.15) is 4.21 Å². The molecule has 3 rings (SSSR count). The quantitative estimate of drug-likeness (QED) is 0.944. The summed E-state index contributed by atoms with van der Waals surface area (Å²) in [7, 11) is -3.48. The van der Waals surface area contributed by atoms with Gasteiger partial charge in [-0.05, 0) is 36.1 Å². The molecule has 1 aliphatic carbocycles. The van der Waals surface area contributed by atoms with E-state index in [1.807, 2.05) is 24.3 Å². The summed E-state index contributed by atoms with van der Waals surface area (Å²) in [4.78, 5) is 0. The Morgan fingerprint density at radius 1 is 1.21 bits per heavy atom. The van der Waals surface area contributed by atoms with Gasteiger partial charge in [-0.3, -0.25) is 0 Å². The van der Waals surface area contributed by atoms with Crippen molar-refractivity contribution in [3.8, 4) is 0 Å². The van der Waals surface area contributed by atoms with E-state index in [4.69, 9.17) is 11.6 Å². The van der Waals surface area contributed by atoms with Crippen LogP contribution < -0.4 is 4.72 Å². The van der Waals surface area contributed by atoms with E-state index in [0.717, 1.165) is 29.7 Å². The Hall–Kier alpha value is -0.880. The highest BCUT2D eigenvalue weighted by molar-refractivity contribution is 7.91. The van der Waals surface area contributed by atoms with Crippen molar-refractivity contribution >= 4 is 33.0 Å². The van der Waals surface area contributed by atoms with Crippen LogP contribution in [0.25, 0.3) is 0 Å². The van der Waals surface area contributed by atoms with Crippen molar-refractivity contribution in [2.45, 2.75) is 23.1 Å². The van der Waals surface area contributed by atoms with E-state index in [1.54, 1.807) is 6.07 Å². The molecule has 2 aromatic rings. The third-order valence-corrected chi connectivity index (χ3v) is 6.44. The van der Waals surface area contributed by atoms with Crippen LogP contribution in [0.3, 0.4) is 0 Å². The van der Waals surface area contributed by atoms with E-state index >= 15 is 0 Å². The second-order valence-corrected chi connectivity index (χ2v) is 8.13. The Bertz CT molecular complexity index is 709. The second-order valence-electron chi connectivity index (χ2n) is 4.47. The lowest BCUT2D eigenvalue weighted by molar-refractivity contribution is 0.556. The number of thiophene rings is 1. The first-order valence-electron chi connectivity index (χ1n) is 5.92. The monoisotopic (exact) mass is 313 g/mol. The minimum Gasteiger partial charge on any atom is -0.206 e. The zero-order valence-corrected chi connectivity index (χ0v) is 12.4. The highest BCUT2D eigenvalue weighted by Gasteiger charge is 2.27. The van der Waals surface area contributed by atoms with Crippen molar-refractivity contribution in [1.82, 2.24) is 4.72 Å². The van der Waals surface area contributed by atoms with E-state index in [0.29, 0.717) is 4.34 Å². The van der Waals surface area contributed by atoms with Crippen molar-refractivity contribution < 1.29 is 8.42 Å². The largest absolute Gasteiger partial charge is 0.250 e. The van der Waals surface area contributed by atoms with Crippen LogP contribution in [0, 0.1) is 0 Å². The Balaban J connectivity index is 1.87. The standard InChI is InChI=1S/C13H12ClNO2S2/c14-12-7-8-13(18-12)19(16,17)15-11-6-5-9-3-1-2-4-10(9)11/h1-4,7-8,11,15H,5-6H2. The fraction of sp³-hybridized carbons (Fsp3) is 0.231. The Kier molecular flexibility index (Phi) is 3.39. The molecule has 0 radical (unpaired) electrons. The first kappa shape index (κ1) is 13.1. The maximum atomic E-state index is 12.3. The van der Waals surface area contributed by atoms with Crippen LogP contribution >= 0.6 is 22.9 Å². The summed E-state index contributed by atoms with van der Waals surface area (Å²) >= 11 is 6.86. The lowest BCUT2D eigenvalue weighted by Crippen LogP contribution is -2.26. The number of nitrogens with one attached hydrogen (secondary N) is 1. The van der Waals surface area contributed by atoms with Gasteiger partial charge in [0, 0.05) is 6.04 Å². The van der Waals surface area contributed by atoms with Gasteiger partial charge in [-0.15, -0.1) is 11.3 Å². The van der Waals surface area contributed by atoms with Gasteiger partial charge < -0.3 is 0 Å². The summed E-state index contributed by atoms with van der Waals surface area (Å²) in [5, 5.41) is 0. The molecule has 1 aromatic carbocycles. The van der Waals surface area contributed by atoms with Gasteiger partial charge in [-0.1, -0.05) is 35.9 Å². The molecule has 6 heteroatoms. The third kappa shape index (κ3) is 2.56. The molecule has 1 N–H and O–H groups in total. The van der Waals surface area contributed by atoms with Crippen LogP contribution in [0.5, 0.6) is 0 Å². The second kappa shape index (κ2) is 4.90. The van der Waals surface area contributed by atoms with Gasteiger partial charge in [0.25, 0.3) is 10.0 Å². The minimum absolute atomic E-state index is 0.137. The molecule has 0 saturated heterocycles. The normalized spacial score (nSPS) is 18.5. The van der Waals surface area contributed by atoms with Crippen LogP contribution in [-0.2, 0) is 16.4 Å². The zero-order chi connectivity index (χ0) is 13.5. The summed E-state index contributed by atoms with van der Waals surface area (Å²) in [6, 6.07) is 11.0. The molecule has 0 amide bonds. The molecule has 1 heterocycles. The molecule has 1 aromatic heterocycles. The van der Waals surface area contributed by atoms with Crippen LogP contribution in [-0.4, -0.2) is 8.42 Å². The summed E-state index contributed by atoms with van der Waals surface area (Å²) in [5.74, 6) is 0. The van der Waals surface area contributed by atoms with E-state index in [1.165, 1.54) is 11.6 Å². The number of benzene rings is 1. The molecule has 100 valence electrons. The van der Waals surface area contributed by atoms with E-state index in [9.17, 15) is 8.42 Å². The molecule has 0 saturated carbocycles. The predicted molar refractivity (Wildman–Crippen MR) is 77.2 cm³/mol. The first-order chi connectivity index (χ1) is 9.06. The van der Waals surface area contributed by atoms with Crippen molar-refractivity contribution in [2.24, 2.45) is 0 Å². The van der Waals surface area contributed by atoms with Crippen LogP contribution in [0.4, 0.5) is 0 Å². The van der Waals surface area contributed by atoms with Crippen LogP contribution in [0.15, 0.2) is 40.6 Å². The highest BCUT2D eigenvalue weighted by atomic mass is 35.5. The smallest absolute Gasteiger partial charge is 0.206 e. The van der Waals surface area contributed by atoms with Crippen molar-refractivity contribution in [3.63, 3.8) is 0 Å². The Morgan fingerprint density at radius 3 is 2.74 bits per heavy atom. The molecule has 0 spiro atoms. The third-order valence-electron chi connectivity index (χ3n) is 3.24.